The summed E-state index contributed by atoms with van der Waals surface area (Å²) < 4.78 is 30.4. The number of hydrogen-bond donors (Lipinski definition) is 1. The molecule has 0 unspecified atom stereocenters. The summed E-state index contributed by atoms with van der Waals surface area (Å²) in [7, 11) is -2.68. The summed E-state index contributed by atoms with van der Waals surface area (Å²) in [5, 5.41) is -0.0579. The van der Waals surface area contributed by atoms with Gasteiger partial charge in [-0.25, -0.2) is 13.1 Å². The van der Waals surface area contributed by atoms with Crippen LogP contribution in [0.4, 0.5) is 0 Å². The maximum atomic E-state index is 13.6. The van der Waals surface area contributed by atoms with Gasteiger partial charge in [0.1, 0.15) is 11.0 Å². The molecule has 33 heavy (non-hydrogen) atoms. The Morgan fingerprint density at radius 3 is 1.85 bits per heavy atom. The molecule has 0 radical (unpaired) electrons. The lowest BCUT2D eigenvalue weighted by atomic mass is 9.83. The first kappa shape index (κ1) is 25.9. The van der Waals surface area contributed by atoms with Crippen molar-refractivity contribution < 1.29 is 8.42 Å². The largest absolute Gasteiger partial charge is 0.249 e. The van der Waals surface area contributed by atoms with Gasteiger partial charge in [0.15, 0.2) is 0 Å². The van der Waals surface area contributed by atoms with Gasteiger partial charge in [0.25, 0.3) is 0 Å². The Hall–Kier alpha value is -1.73. The van der Waals surface area contributed by atoms with Gasteiger partial charge in [-0.3, -0.25) is 0 Å². The molecule has 3 rings (SSSR count). The van der Waals surface area contributed by atoms with Crippen molar-refractivity contribution in [2.24, 2.45) is 5.92 Å². The molecule has 0 aliphatic heterocycles. The summed E-state index contributed by atoms with van der Waals surface area (Å²) in [5.41, 5.74) is 2.77. The van der Waals surface area contributed by atoms with Crippen molar-refractivity contribution in [2.45, 2.75) is 60.1 Å². The first-order valence-electron chi connectivity index (χ1n) is 11.0. The van der Waals surface area contributed by atoms with Crippen molar-refractivity contribution in [1.82, 2.24) is 4.72 Å². The van der Waals surface area contributed by atoms with Crippen molar-refractivity contribution >= 4 is 33.5 Å². The van der Waals surface area contributed by atoms with Crippen LogP contribution >= 0.6 is 11.8 Å². The Bertz CT molecular complexity index is 1130. The number of benzene rings is 3. The highest BCUT2D eigenvalue weighted by Gasteiger charge is 2.41. The highest BCUT2D eigenvalue weighted by Crippen LogP contribution is 2.44. The standard InChI is InChI=1S/C27H33NO2S3/c1-19(2)27(5,28-33(30)23-17-13-21(4)14-18-23)26(31-6)24-9-7-8-10-25(24)32(29)22-15-11-20(3)12-16-22/h7-19,26,28H,1-6H3/t26-,27-,32-,33+/m0/s1. The normalized spacial score (nSPS) is 16.2. The Balaban J connectivity index is 2.01. The van der Waals surface area contributed by atoms with E-state index in [4.69, 9.17) is 0 Å². The van der Waals surface area contributed by atoms with Crippen molar-refractivity contribution in [2.75, 3.05) is 6.26 Å². The first-order chi connectivity index (χ1) is 15.7. The van der Waals surface area contributed by atoms with Crippen LogP contribution < -0.4 is 4.72 Å². The Morgan fingerprint density at radius 2 is 1.33 bits per heavy atom. The Morgan fingerprint density at radius 1 is 0.818 bits per heavy atom. The van der Waals surface area contributed by atoms with E-state index in [1.807, 2.05) is 80.6 Å². The monoisotopic (exact) mass is 499 g/mol. The van der Waals surface area contributed by atoms with Crippen molar-refractivity contribution in [3.05, 3.63) is 89.5 Å². The Labute approximate surface area is 207 Å². The van der Waals surface area contributed by atoms with E-state index in [0.717, 1.165) is 31.4 Å². The molecular weight excluding hydrogens is 467 g/mol. The predicted molar refractivity (Wildman–Crippen MR) is 143 cm³/mol. The fourth-order valence-corrected chi connectivity index (χ4v) is 7.67. The zero-order valence-electron chi connectivity index (χ0n) is 20.1. The van der Waals surface area contributed by atoms with Crippen LogP contribution in [0.1, 0.15) is 42.7 Å². The molecule has 6 heteroatoms. The van der Waals surface area contributed by atoms with Gasteiger partial charge in [-0.1, -0.05) is 67.4 Å². The molecule has 0 aliphatic carbocycles. The second-order valence-corrected chi connectivity index (χ2v) is 12.5. The van der Waals surface area contributed by atoms with E-state index in [2.05, 4.69) is 37.8 Å². The topological polar surface area (TPSA) is 46.2 Å². The number of thioether (sulfide) groups is 1. The van der Waals surface area contributed by atoms with Crippen LogP contribution in [0.5, 0.6) is 0 Å². The van der Waals surface area contributed by atoms with Gasteiger partial charge in [-0.2, -0.15) is 11.8 Å². The summed E-state index contributed by atoms with van der Waals surface area (Å²) in [5.74, 6) is 0.171. The molecule has 0 amide bonds. The molecule has 3 aromatic carbocycles. The van der Waals surface area contributed by atoms with Crippen LogP contribution in [-0.4, -0.2) is 20.2 Å². The SMILES string of the molecule is CS[C@@H](c1ccccc1[S@@](=O)c1ccc(C)cc1)[C@@](C)(N[S@](=O)c1ccc(C)cc1)C(C)C. The molecule has 3 aromatic rings. The maximum Gasteiger partial charge on any atom is 0.125 e. The number of hydrogen-bond acceptors (Lipinski definition) is 3. The van der Waals surface area contributed by atoms with Crippen LogP contribution in [0.25, 0.3) is 0 Å². The molecule has 0 heterocycles. The molecule has 0 spiro atoms. The smallest absolute Gasteiger partial charge is 0.125 e. The van der Waals surface area contributed by atoms with E-state index in [0.29, 0.717) is 0 Å². The number of rotatable bonds is 9. The highest BCUT2D eigenvalue weighted by molar-refractivity contribution is 7.99. The van der Waals surface area contributed by atoms with Crippen LogP contribution in [-0.2, 0) is 21.8 Å². The molecule has 0 saturated carbocycles. The lowest BCUT2D eigenvalue weighted by Crippen LogP contribution is -2.51. The molecule has 0 saturated heterocycles. The van der Waals surface area contributed by atoms with Gasteiger partial charge in [-0.05, 0) is 68.8 Å². The van der Waals surface area contributed by atoms with Crippen LogP contribution in [0.2, 0.25) is 0 Å². The molecule has 3 nitrogen and oxygen atoms in total. The summed E-state index contributed by atoms with van der Waals surface area (Å²) in [4.78, 5) is 2.34. The minimum Gasteiger partial charge on any atom is -0.249 e. The fraction of sp³-hybridized carbons (Fsp3) is 0.333. The van der Waals surface area contributed by atoms with Gasteiger partial charge in [0.05, 0.1) is 15.7 Å². The Kier molecular flexibility index (Phi) is 8.73. The summed E-state index contributed by atoms with van der Waals surface area (Å²) in [6.07, 6.45) is 2.06. The van der Waals surface area contributed by atoms with E-state index in [9.17, 15) is 8.42 Å². The summed E-state index contributed by atoms with van der Waals surface area (Å²) in [6, 6.07) is 23.6. The molecule has 1 N–H and O–H groups in total. The van der Waals surface area contributed by atoms with Crippen molar-refractivity contribution in [3.8, 4) is 0 Å². The predicted octanol–water partition coefficient (Wildman–Crippen LogP) is 6.60. The minimum atomic E-state index is -1.37. The minimum absolute atomic E-state index is 0.0579. The fourth-order valence-electron chi connectivity index (χ4n) is 3.74. The number of nitrogens with one attached hydrogen (secondary N) is 1. The maximum absolute atomic E-state index is 13.6. The second-order valence-electron chi connectivity index (χ2n) is 8.86. The van der Waals surface area contributed by atoms with Gasteiger partial charge in [0, 0.05) is 20.6 Å². The first-order valence-corrected chi connectivity index (χ1v) is 14.6. The van der Waals surface area contributed by atoms with Gasteiger partial charge in [0.2, 0.25) is 0 Å². The van der Waals surface area contributed by atoms with Gasteiger partial charge in [-0.15, -0.1) is 0 Å². The number of aryl methyl sites for hydroxylation is 2. The molecule has 0 aromatic heterocycles. The average molecular weight is 500 g/mol. The van der Waals surface area contributed by atoms with Crippen molar-refractivity contribution in [3.63, 3.8) is 0 Å². The van der Waals surface area contributed by atoms with Crippen LogP contribution in [0.3, 0.4) is 0 Å². The van der Waals surface area contributed by atoms with Crippen LogP contribution in [0.15, 0.2) is 87.5 Å². The highest BCUT2D eigenvalue weighted by atomic mass is 32.2. The van der Waals surface area contributed by atoms with Crippen LogP contribution in [0, 0.1) is 19.8 Å². The average Bonchev–Trinajstić information content (AvgIpc) is 2.80. The zero-order chi connectivity index (χ0) is 24.2. The molecule has 176 valence electrons. The molecule has 0 aliphatic rings. The third-order valence-corrected chi connectivity index (χ3v) is 10.2. The lowest BCUT2D eigenvalue weighted by Gasteiger charge is -2.41. The van der Waals surface area contributed by atoms with E-state index in [1.54, 1.807) is 11.8 Å². The summed E-state index contributed by atoms with van der Waals surface area (Å²) in [6.45, 7) is 10.5. The third kappa shape index (κ3) is 5.86. The summed E-state index contributed by atoms with van der Waals surface area (Å²) >= 11 is 1.70. The van der Waals surface area contributed by atoms with Gasteiger partial charge >= 0.3 is 0 Å². The van der Waals surface area contributed by atoms with Crippen molar-refractivity contribution in [1.29, 1.82) is 0 Å². The van der Waals surface area contributed by atoms with Gasteiger partial charge < -0.3 is 0 Å². The third-order valence-electron chi connectivity index (χ3n) is 6.16. The lowest BCUT2D eigenvalue weighted by molar-refractivity contribution is 0.301. The van der Waals surface area contributed by atoms with E-state index in [-0.39, 0.29) is 11.2 Å². The molecule has 4 atom stereocenters. The molecule has 0 bridgehead atoms. The zero-order valence-corrected chi connectivity index (χ0v) is 22.6. The van der Waals surface area contributed by atoms with E-state index >= 15 is 0 Å². The second kappa shape index (κ2) is 11.1. The quantitative estimate of drug-likeness (QED) is 0.361. The van der Waals surface area contributed by atoms with E-state index < -0.39 is 27.3 Å². The van der Waals surface area contributed by atoms with E-state index in [1.165, 1.54) is 0 Å². The molecule has 0 fully saturated rings. The molecular formula is C27H33NO2S3.